The first kappa shape index (κ1) is 18.6. The molecule has 0 saturated heterocycles. The fraction of sp³-hybridized carbons (Fsp3) is 0.0625. The van der Waals surface area contributed by atoms with Gasteiger partial charge in [0.05, 0.1) is 58.1 Å². The van der Waals surface area contributed by atoms with Gasteiger partial charge in [-0.25, -0.2) is 0 Å². The molecule has 9 rings (SSSR count). The molecule has 0 bridgehead atoms. The number of benzene rings is 5. The minimum absolute atomic E-state index is 0.916. The maximum Gasteiger partial charge on any atom is 0.128 e. The van der Waals surface area contributed by atoms with Crippen LogP contribution in [-0.4, -0.2) is 23.0 Å². The smallest absolute Gasteiger partial charge is 0.128 e. The number of rotatable bonds is 2. The van der Waals surface area contributed by atoms with Gasteiger partial charge in [-0.2, -0.15) is 0 Å². The van der Waals surface area contributed by atoms with Crippen LogP contribution in [0.4, 0.5) is 0 Å². The topological polar surface area (TPSA) is 27.3 Å². The molecule has 0 amide bonds. The molecule has 0 atom stereocenters. The van der Waals surface area contributed by atoms with E-state index >= 15 is 0 Å². The van der Waals surface area contributed by atoms with Gasteiger partial charge in [-0.05, 0) is 48.5 Å². The van der Waals surface area contributed by atoms with Crippen LogP contribution in [0.15, 0.2) is 84.9 Å². The monoisotopic (exact) mass is 464 g/mol. The molecule has 0 saturated carbocycles. The molecule has 5 aromatic carbocycles. The Labute approximate surface area is 205 Å². The fourth-order valence-electron chi connectivity index (χ4n) is 6.78. The van der Waals surface area contributed by atoms with Crippen molar-refractivity contribution in [3.63, 3.8) is 0 Å². The highest BCUT2D eigenvalue weighted by atomic mass is 16.5. The highest BCUT2D eigenvalue weighted by Gasteiger charge is 2.24. The quantitative estimate of drug-likeness (QED) is 0.259. The molecule has 0 aliphatic carbocycles. The molecule has 9 aromatic rings. The lowest BCUT2D eigenvalue weighted by Gasteiger charge is -2.04. The molecule has 0 unspecified atom stereocenters. The van der Waals surface area contributed by atoms with Crippen LogP contribution in [0.25, 0.3) is 76.2 Å². The first-order valence-electron chi connectivity index (χ1n) is 12.2. The van der Waals surface area contributed by atoms with Crippen molar-refractivity contribution in [1.82, 2.24) is 8.80 Å². The summed E-state index contributed by atoms with van der Waals surface area (Å²) in [6, 6.07) is 30.7. The zero-order valence-electron chi connectivity index (χ0n) is 19.8. The fourth-order valence-corrected chi connectivity index (χ4v) is 6.78. The first-order chi connectivity index (χ1) is 17.8. The SMILES string of the molecule is COc1ccc2c3cc4c(cc3n3c5ccccc5c1c23)c1ccc(OC)c2c3ccccc3n4c12. The molecule has 0 radical (unpaired) electrons. The van der Waals surface area contributed by atoms with Crippen molar-refractivity contribution in [3.8, 4) is 11.5 Å². The second-order valence-electron chi connectivity index (χ2n) is 9.67. The van der Waals surface area contributed by atoms with Crippen molar-refractivity contribution in [2.24, 2.45) is 0 Å². The third-order valence-corrected chi connectivity index (χ3v) is 8.17. The maximum absolute atomic E-state index is 5.83. The second kappa shape index (κ2) is 6.10. The summed E-state index contributed by atoms with van der Waals surface area (Å²) in [7, 11) is 3.52. The molecule has 4 nitrogen and oxygen atoms in total. The Morgan fingerprint density at radius 3 is 1.33 bits per heavy atom. The van der Waals surface area contributed by atoms with Crippen LogP contribution in [-0.2, 0) is 0 Å². The summed E-state index contributed by atoms with van der Waals surface area (Å²) in [5.41, 5.74) is 7.32. The van der Waals surface area contributed by atoms with Gasteiger partial charge in [-0.15, -0.1) is 0 Å². The maximum atomic E-state index is 5.83. The van der Waals surface area contributed by atoms with Crippen LogP contribution in [0.1, 0.15) is 0 Å². The standard InChI is InChI=1S/C32H20N2O2/c1-35-27-13-11-17-21-15-26-22(16-25(21)33-23-9-5-3-7-19(23)29(27)31(17)33)18-12-14-28(36-2)30-20-8-4-6-10-24(20)34(26)32(18)30/h3-16H,1-2H3. The van der Waals surface area contributed by atoms with Crippen LogP contribution in [0.2, 0.25) is 0 Å². The molecule has 36 heavy (non-hydrogen) atoms. The van der Waals surface area contributed by atoms with Crippen molar-refractivity contribution in [3.05, 3.63) is 84.9 Å². The summed E-state index contributed by atoms with van der Waals surface area (Å²) in [6.07, 6.45) is 0. The van der Waals surface area contributed by atoms with E-state index in [1.807, 2.05) is 0 Å². The molecule has 0 spiro atoms. The number of aromatic nitrogens is 2. The first-order valence-corrected chi connectivity index (χ1v) is 12.2. The normalized spacial score (nSPS) is 12.7. The lowest BCUT2D eigenvalue weighted by atomic mass is 10.0. The molecule has 4 aromatic heterocycles. The predicted octanol–water partition coefficient (Wildman–Crippen LogP) is 8.00. The number of para-hydroxylation sites is 2. The van der Waals surface area contributed by atoms with E-state index in [4.69, 9.17) is 9.47 Å². The average Bonchev–Trinajstić information content (AvgIpc) is 3.64. The predicted molar refractivity (Wildman–Crippen MR) is 149 cm³/mol. The number of ether oxygens (including phenoxy) is 2. The van der Waals surface area contributed by atoms with Gasteiger partial charge < -0.3 is 18.3 Å². The highest BCUT2D eigenvalue weighted by Crippen LogP contribution is 2.47. The van der Waals surface area contributed by atoms with E-state index < -0.39 is 0 Å². The zero-order chi connectivity index (χ0) is 23.7. The third-order valence-electron chi connectivity index (χ3n) is 8.17. The van der Waals surface area contributed by atoms with E-state index in [-0.39, 0.29) is 0 Å². The number of methoxy groups -OCH3 is 2. The number of hydrogen-bond acceptors (Lipinski definition) is 2. The molecule has 0 fully saturated rings. The summed E-state index contributed by atoms with van der Waals surface area (Å²) < 4.78 is 16.5. The minimum atomic E-state index is 0.916. The van der Waals surface area contributed by atoms with Crippen LogP contribution < -0.4 is 9.47 Å². The molecular formula is C32H20N2O2. The zero-order valence-corrected chi connectivity index (χ0v) is 19.8. The highest BCUT2D eigenvalue weighted by molar-refractivity contribution is 6.30. The minimum Gasteiger partial charge on any atom is -0.496 e. The summed E-state index contributed by atoms with van der Waals surface area (Å²) in [5.74, 6) is 1.83. The molecule has 170 valence electrons. The average molecular weight is 465 g/mol. The summed E-state index contributed by atoms with van der Waals surface area (Å²) >= 11 is 0. The summed E-state index contributed by atoms with van der Waals surface area (Å²) in [5, 5.41) is 9.83. The molecule has 0 N–H and O–H groups in total. The van der Waals surface area contributed by atoms with Crippen LogP contribution in [0.3, 0.4) is 0 Å². The van der Waals surface area contributed by atoms with Gasteiger partial charge in [0.1, 0.15) is 11.5 Å². The van der Waals surface area contributed by atoms with Gasteiger partial charge in [0, 0.05) is 32.3 Å². The summed E-state index contributed by atoms with van der Waals surface area (Å²) in [4.78, 5) is 0. The molecule has 0 aliphatic rings. The van der Waals surface area contributed by atoms with Crippen molar-refractivity contribution >= 4 is 76.2 Å². The lowest BCUT2D eigenvalue weighted by molar-refractivity contribution is 0.420. The Balaban J connectivity index is 1.59. The van der Waals surface area contributed by atoms with Crippen LogP contribution in [0, 0.1) is 0 Å². The Morgan fingerprint density at radius 2 is 0.889 bits per heavy atom. The van der Waals surface area contributed by atoms with Gasteiger partial charge in [0.2, 0.25) is 0 Å². The van der Waals surface area contributed by atoms with Gasteiger partial charge >= 0.3 is 0 Å². The van der Waals surface area contributed by atoms with Crippen molar-refractivity contribution < 1.29 is 9.47 Å². The molecule has 0 aliphatic heterocycles. The van der Waals surface area contributed by atoms with Gasteiger partial charge in [0.15, 0.2) is 0 Å². The van der Waals surface area contributed by atoms with Crippen LogP contribution in [0.5, 0.6) is 11.5 Å². The van der Waals surface area contributed by atoms with Gasteiger partial charge in [-0.1, -0.05) is 36.4 Å². The van der Waals surface area contributed by atoms with E-state index in [9.17, 15) is 0 Å². The van der Waals surface area contributed by atoms with E-state index in [1.165, 1.54) is 76.2 Å². The largest absolute Gasteiger partial charge is 0.496 e. The van der Waals surface area contributed by atoms with Crippen molar-refractivity contribution in [2.45, 2.75) is 0 Å². The number of nitrogens with zero attached hydrogens (tertiary/aromatic N) is 2. The van der Waals surface area contributed by atoms with E-state index in [2.05, 4.69) is 93.7 Å². The molecular weight excluding hydrogens is 444 g/mol. The Kier molecular flexibility index (Phi) is 3.15. The van der Waals surface area contributed by atoms with E-state index in [1.54, 1.807) is 14.2 Å². The summed E-state index contributed by atoms with van der Waals surface area (Å²) in [6.45, 7) is 0. The van der Waals surface area contributed by atoms with Gasteiger partial charge in [0.25, 0.3) is 0 Å². The number of fused-ring (bicyclic) bond motifs is 12. The number of hydrogen-bond donors (Lipinski definition) is 0. The van der Waals surface area contributed by atoms with Crippen molar-refractivity contribution in [2.75, 3.05) is 14.2 Å². The van der Waals surface area contributed by atoms with Crippen LogP contribution >= 0.6 is 0 Å². The lowest BCUT2D eigenvalue weighted by Crippen LogP contribution is -1.83. The Bertz CT molecular complexity index is 2170. The van der Waals surface area contributed by atoms with Crippen molar-refractivity contribution in [1.29, 1.82) is 0 Å². The van der Waals surface area contributed by atoms with E-state index in [0.29, 0.717) is 0 Å². The second-order valence-corrected chi connectivity index (χ2v) is 9.67. The Hall–Kier alpha value is -4.70. The molecule has 4 heteroatoms. The van der Waals surface area contributed by atoms with E-state index in [0.717, 1.165) is 11.5 Å². The van der Waals surface area contributed by atoms with Gasteiger partial charge in [-0.3, -0.25) is 0 Å². The molecule has 4 heterocycles. The Morgan fingerprint density at radius 1 is 0.444 bits per heavy atom. The third kappa shape index (κ3) is 1.89.